The van der Waals surface area contributed by atoms with E-state index in [-0.39, 0.29) is 12.3 Å². The highest BCUT2D eigenvalue weighted by Crippen LogP contribution is 2.16. The third-order valence-electron chi connectivity index (χ3n) is 4.27. The van der Waals surface area contributed by atoms with Crippen molar-refractivity contribution in [3.8, 4) is 0 Å². The average Bonchev–Trinajstić information content (AvgIpc) is 2.62. The van der Waals surface area contributed by atoms with Crippen molar-refractivity contribution < 1.29 is 14.3 Å². The number of halogens is 1. The first-order valence-corrected chi connectivity index (χ1v) is 8.48. The molecule has 7 heteroatoms. The van der Waals surface area contributed by atoms with E-state index in [1.54, 1.807) is 20.0 Å². The summed E-state index contributed by atoms with van der Waals surface area (Å²) in [5, 5.41) is 8.87. The second-order valence-corrected chi connectivity index (χ2v) is 5.92. The molecule has 0 amide bonds. The standard InChI is InChI=1S/C18H25FN4O2/c1-3-14(13-17(24)25)12-15(19)18(20-2)23-10-8-22(9-11-23)16-6-4-5-7-21-16/h3,5,7,12H,4,6,8-11,13H2,1-2H3,(H,24,25)/b14-3+,15-12+,20-18?. The maximum atomic E-state index is 14.6. The minimum atomic E-state index is -0.983. The number of aliphatic imine (C=N–C) groups is 2. The van der Waals surface area contributed by atoms with Crippen molar-refractivity contribution in [2.45, 2.75) is 26.2 Å². The van der Waals surface area contributed by atoms with E-state index in [1.165, 1.54) is 6.08 Å². The quantitative estimate of drug-likeness (QED) is 0.482. The maximum Gasteiger partial charge on any atom is 0.307 e. The Hall–Kier alpha value is -2.44. The molecular weight excluding hydrogens is 323 g/mol. The van der Waals surface area contributed by atoms with Crippen LogP contribution in [-0.2, 0) is 4.79 Å². The van der Waals surface area contributed by atoms with Crippen molar-refractivity contribution in [1.82, 2.24) is 9.80 Å². The molecule has 1 fully saturated rings. The molecule has 0 radical (unpaired) electrons. The van der Waals surface area contributed by atoms with Gasteiger partial charge >= 0.3 is 5.97 Å². The molecule has 25 heavy (non-hydrogen) atoms. The molecule has 136 valence electrons. The number of piperazine rings is 1. The van der Waals surface area contributed by atoms with Crippen molar-refractivity contribution in [3.63, 3.8) is 0 Å². The molecule has 0 atom stereocenters. The van der Waals surface area contributed by atoms with Crippen molar-refractivity contribution >= 4 is 17.6 Å². The van der Waals surface area contributed by atoms with Crippen LogP contribution in [0.4, 0.5) is 4.39 Å². The van der Waals surface area contributed by atoms with E-state index >= 15 is 0 Å². The molecule has 0 spiro atoms. The molecule has 0 saturated carbocycles. The van der Waals surface area contributed by atoms with E-state index in [0.29, 0.717) is 18.7 Å². The summed E-state index contributed by atoms with van der Waals surface area (Å²) in [6.45, 7) is 4.54. The van der Waals surface area contributed by atoms with Crippen molar-refractivity contribution in [3.05, 3.63) is 35.8 Å². The second kappa shape index (κ2) is 9.15. The van der Waals surface area contributed by atoms with Crippen molar-refractivity contribution in [2.24, 2.45) is 9.98 Å². The Morgan fingerprint density at radius 1 is 1.40 bits per heavy atom. The summed E-state index contributed by atoms with van der Waals surface area (Å²) in [4.78, 5) is 23.5. The molecule has 0 aliphatic carbocycles. The Labute approximate surface area is 147 Å². The predicted molar refractivity (Wildman–Crippen MR) is 97.5 cm³/mol. The molecule has 0 aromatic rings. The Bertz CT molecular complexity index is 641. The minimum absolute atomic E-state index is 0.206. The van der Waals surface area contributed by atoms with E-state index in [4.69, 9.17) is 5.11 Å². The molecule has 0 bridgehead atoms. The fourth-order valence-electron chi connectivity index (χ4n) is 2.94. The number of amidine groups is 2. The van der Waals surface area contributed by atoms with E-state index in [2.05, 4.69) is 21.0 Å². The van der Waals surface area contributed by atoms with E-state index in [9.17, 15) is 9.18 Å². The van der Waals surface area contributed by atoms with Gasteiger partial charge in [-0.15, -0.1) is 0 Å². The predicted octanol–water partition coefficient (Wildman–Crippen LogP) is 2.61. The first-order valence-electron chi connectivity index (χ1n) is 8.48. The van der Waals surface area contributed by atoms with Crippen LogP contribution in [0.1, 0.15) is 26.2 Å². The summed E-state index contributed by atoms with van der Waals surface area (Å²) in [5.74, 6) is -0.119. The Kier molecular flexibility index (Phi) is 6.91. The monoisotopic (exact) mass is 348 g/mol. The number of carboxylic acid groups (broad SMARTS) is 1. The van der Waals surface area contributed by atoms with Gasteiger partial charge in [-0.25, -0.2) is 9.38 Å². The van der Waals surface area contributed by atoms with Crippen LogP contribution >= 0.6 is 0 Å². The first-order chi connectivity index (χ1) is 12.0. The SMILES string of the molecule is C/C=C(\C=C(\F)C(=NC)N1CCN(C2=NC=CCC2)CC1)CC(=O)O. The zero-order valence-corrected chi connectivity index (χ0v) is 14.8. The van der Waals surface area contributed by atoms with Crippen LogP contribution in [0.5, 0.6) is 0 Å². The molecule has 0 unspecified atom stereocenters. The molecule has 0 aromatic carbocycles. The summed E-state index contributed by atoms with van der Waals surface area (Å²) in [6, 6.07) is 0. The lowest BCUT2D eigenvalue weighted by atomic mass is 10.1. The summed E-state index contributed by atoms with van der Waals surface area (Å²) < 4.78 is 14.6. The highest BCUT2D eigenvalue weighted by atomic mass is 19.1. The zero-order valence-electron chi connectivity index (χ0n) is 14.8. The van der Waals surface area contributed by atoms with Crippen LogP contribution in [0.15, 0.2) is 45.8 Å². The van der Waals surface area contributed by atoms with Crippen LogP contribution in [0.25, 0.3) is 0 Å². The molecular formula is C18H25FN4O2. The lowest BCUT2D eigenvalue weighted by Gasteiger charge is -2.38. The number of hydrogen-bond donors (Lipinski definition) is 1. The fraction of sp³-hybridized carbons (Fsp3) is 0.500. The van der Waals surface area contributed by atoms with Crippen LogP contribution < -0.4 is 0 Å². The van der Waals surface area contributed by atoms with Gasteiger partial charge in [-0.05, 0) is 25.0 Å². The van der Waals surface area contributed by atoms with Gasteiger partial charge in [0.25, 0.3) is 0 Å². The maximum absolute atomic E-state index is 14.6. The van der Waals surface area contributed by atoms with Gasteiger partial charge in [0.1, 0.15) is 5.84 Å². The fourth-order valence-corrected chi connectivity index (χ4v) is 2.94. The Morgan fingerprint density at radius 3 is 2.64 bits per heavy atom. The largest absolute Gasteiger partial charge is 0.481 e. The van der Waals surface area contributed by atoms with Crippen LogP contribution in [-0.4, -0.2) is 65.8 Å². The van der Waals surface area contributed by atoms with Gasteiger partial charge in [0.2, 0.25) is 0 Å². The van der Waals surface area contributed by atoms with Gasteiger partial charge in [0, 0.05) is 45.8 Å². The summed E-state index contributed by atoms with van der Waals surface area (Å²) in [5.41, 5.74) is 0.424. The number of nitrogens with zero attached hydrogens (tertiary/aromatic N) is 4. The average molecular weight is 348 g/mol. The Balaban J connectivity index is 2.01. The van der Waals surface area contributed by atoms with Crippen LogP contribution in [0.3, 0.4) is 0 Å². The minimum Gasteiger partial charge on any atom is -0.481 e. The number of rotatable bonds is 4. The second-order valence-electron chi connectivity index (χ2n) is 5.92. The molecule has 1 N–H and O–H groups in total. The van der Waals surface area contributed by atoms with Crippen LogP contribution in [0, 0.1) is 0 Å². The van der Waals surface area contributed by atoms with E-state index in [1.807, 2.05) is 11.1 Å². The number of hydrogen-bond acceptors (Lipinski definition) is 4. The lowest BCUT2D eigenvalue weighted by molar-refractivity contribution is -0.136. The number of carbonyl (C=O) groups is 1. The lowest BCUT2D eigenvalue weighted by Crippen LogP contribution is -2.50. The number of carboxylic acids is 1. The molecule has 0 aromatic heterocycles. The normalized spacial score (nSPS) is 20.0. The van der Waals surface area contributed by atoms with Crippen molar-refractivity contribution in [2.75, 3.05) is 33.2 Å². The highest BCUT2D eigenvalue weighted by molar-refractivity contribution is 5.97. The van der Waals surface area contributed by atoms with E-state index in [0.717, 1.165) is 31.8 Å². The third kappa shape index (κ3) is 5.27. The van der Waals surface area contributed by atoms with Gasteiger partial charge in [-0.2, -0.15) is 0 Å². The molecule has 2 aliphatic heterocycles. The molecule has 2 heterocycles. The van der Waals surface area contributed by atoms with Crippen LogP contribution in [0.2, 0.25) is 0 Å². The van der Waals surface area contributed by atoms with Gasteiger partial charge < -0.3 is 14.9 Å². The summed E-state index contributed by atoms with van der Waals surface area (Å²) >= 11 is 0. The van der Waals surface area contributed by atoms with Gasteiger partial charge in [-0.1, -0.05) is 12.2 Å². The summed E-state index contributed by atoms with van der Waals surface area (Å²) in [7, 11) is 1.55. The molecule has 2 aliphatic rings. The van der Waals surface area contributed by atoms with Crippen molar-refractivity contribution in [1.29, 1.82) is 0 Å². The zero-order chi connectivity index (χ0) is 18.2. The van der Waals surface area contributed by atoms with Gasteiger partial charge in [0.15, 0.2) is 11.7 Å². The smallest absolute Gasteiger partial charge is 0.307 e. The topological polar surface area (TPSA) is 68.5 Å². The number of allylic oxidation sites excluding steroid dienone is 3. The molecule has 1 saturated heterocycles. The highest BCUT2D eigenvalue weighted by Gasteiger charge is 2.24. The van der Waals surface area contributed by atoms with E-state index < -0.39 is 11.8 Å². The third-order valence-corrected chi connectivity index (χ3v) is 4.27. The Morgan fingerprint density at radius 2 is 2.12 bits per heavy atom. The molecule has 6 nitrogen and oxygen atoms in total. The summed E-state index contributed by atoms with van der Waals surface area (Å²) in [6.07, 6.45) is 8.51. The first kappa shape index (κ1) is 18.9. The number of aliphatic carboxylic acids is 1. The van der Waals surface area contributed by atoms with Gasteiger partial charge in [-0.3, -0.25) is 9.79 Å². The molecule has 2 rings (SSSR count). The van der Waals surface area contributed by atoms with Gasteiger partial charge in [0.05, 0.1) is 6.42 Å².